The molecule has 2 N–H and O–H groups in total. The molecule has 1 amide bonds. The summed E-state index contributed by atoms with van der Waals surface area (Å²) in [6, 6.07) is 14.0. The lowest BCUT2D eigenvalue weighted by atomic mass is 10.1. The number of aromatic carboxylic acids is 1. The molecule has 0 aliphatic heterocycles. The Labute approximate surface area is 145 Å². The number of hydrogen-bond donors (Lipinski definition) is 2. The Bertz CT molecular complexity index is 925. The summed E-state index contributed by atoms with van der Waals surface area (Å²) in [7, 11) is 0. The second kappa shape index (κ2) is 6.33. The van der Waals surface area contributed by atoms with Gasteiger partial charge in [-0.1, -0.05) is 18.2 Å². The van der Waals surface area contributed by atoms with E-state index in [1.807, 2.05) is 18.2 Å². The van der Waals surface area contributed by atoms with Crippen molar-refractivity contribution in [2.75, 3.05) is 5.32 Å². The number of benzene rings is 2. The number of halogens is 1. The maximum Gasteiger partial charge on any atom is 0.337 e. The third-order valence-corrected chi connectivity index (χ3v) is 4.25. The average Bonchev–Trinajstić information content (AvgIpc) is 2.54. The van der Waals surface area contributed by atoms with E-state index in [1.54, 1.807) is 30.3 Å². The third kappa shape index (κ3) is 3.31. The van der Waals surface area contributed by atoms with Crippen molar-refractivity contribution in [1.82, 2.24) is 4.98 Å². The fourth-order valence-electron chi connectivity index (χ4n) is 2.16. The maximum absolute atomic E-state index is 12.3. The number of hydrogen-bond acceptors (Lipinski definition) is 3. The number of carbonyl (C=O) groups is 2. The summed E-state index contributed by atoms with van der Waals surface area (Å²) in [5, 5.41) is 12.5. The van der Waals surface area contributed by atoms with Crippen LogP contribution in [0, 0.1) is 3.57 Å². The molecule has 114 valence electrons. The van der Waals surface area contributed by atoms with Crippen molar-refractivity contribution in [3.8, 4) is 0 Å². The molecule has 0 saturated heterocycles. The van der Waals surface area contributed by atoms with Gasteiger partial charge in [0.1, 0.15) is 0 Å². The Morgan fingerprint density at radius 1 is 1.09 bits per heavy atom. The van der Waals surface area contributed by atoms with Crippen molar-refractivity contribution < 1.29 is 14.7 Å². The summed E-state index contributed by atoms with van der Waals surface area (Å²) in [6.45, 7) is 0. The highest BCUT2D eigenvalue weighted by Crippen LogP contribution is 2.20. The number of rotatable bonds is 3. The predicted octanol–water partition coefficient (Wildman–Crippen LogP) is 3.79. The first-order valence-electron chi connectivity index (χ1n) is 6.73. The lowest BCUT2D eigenvalue weighted by Crippen LogP contribution is -2.13. The molecule has 0 saturated carbocycles. The standard InChI is InChI=1S/C17H11IN2O3/c18-14-4-2-1-3-13(14)16(21)20-12-6-5-10-7-11(17(22)23)9-19-15(10)8-12/h1-9H,(H,20,21)(H,22,23). The summed E-state index contributed by atoms with van der Waals surface area (Å²) < 4.78 is 0.868. The number of nitrogens with one attached hydrogen (secondary N) is 1. The zero-order chi connectivity index (χ0) is 16.4. The quantitative estimate of drug-likeness (QED) is 0.635. The molecule has 3 aromatic rings. The molecule has 6 heteroatoms. The van der Waals surface area contributed by atoms with E-state index in [2.05, 4.69) is 32.9 Å². The number of pyridine rings is 1. The van der Waals surface area contributed by atoms with E-state index in [0.717, 1.165) is 3.57 Å². The lowest BCUT2D eigenvalue weighted by Gasteiger charge is -2.08. The topological polar surface area (TPSA) is 79.3 Å². The van der Waals surface area contributed by atoms with Crippen LogP contribution in [-0.2, 0) is 0 Å². The van der Waals surface area contributed by atoms with Crippen molar-refractivity contribution in [3.05, 3.63) is 69.4 Å². The Balaban J connectivity index is 1.89. The zero-order valence-electron chi connectivity index (χ0n) is 11.8. The van der Waals surface area contributed by atoms with Gasteiger partial charge in [0.25, 0.3) is 5.91 Å². The van der Waals surface area contributed by atoms with Crippen molar-refractivity contribution >= 4 is 51.1 Å². The molecular weight excluding hydrogens is 407 g/mol. The van der Waals surface area contributed by atoms with Gasteiger partial charge >= 0.3 is 5.97 Å². The molecule has 0 bridgehead atoms. The molecule has 0 fully saturated rings. The second-order valence-corrected chi connectivity index (χ2v) is 6.03. The number of aromatic nitrogens is 1. The van der Waals surface area contributed by atoms with Crippen LogP contribution >= 0.6 is 22.6 Å². The van der Waals surface area contributed by atoms with Gasteiger partial charge in [0, 0.05) is 20.8 Å². The van der Waals surface area contributed by atoms with Gasteiger partial charge < -0.3 is 10.4 Å². The molecule has 0 aliphatic rings. The van der Waals surface area contributed by atoms with Crippen molar-refractivity contribution in [3.63, 3.8) is 0 Å². The van der Waals surface area contributed by atoms with Crippen LogP contribution in [-0.4, -0.2) is 22.0 Å². The smallest absolute Gasteiger partial charge is 0.337 e. The molecule has 0 radical (unpaired) electrons. The molecule has 0 atom stereocenters. The lowest BCUT2D eigenvalue weighted by molar-refractivity contribution is 0.0696. The van der Waals surface area contributed by atoms with E-state index in [-0.39, 0.29) is 11.5 Å². The van der Waals surface area contributed by atoms with Crippen LogP contribution < -0.4 is 5.32 Å². The van der Waals surface area contributed by atoms with Crippen LogP contribution in [0.2, 0.25) is 0 Å². The van der Waals surface area contributed by atoms with E-state index < -0.39 is 5.97 Å². The molecule has 0 aliphatic carbocycles. The molecule has 3 rings (SSSR count). The largest absolute Gasteiger partial charge is 0.478 e. The van der Waals surface area contributed by atoms with Crippen LogP contribution in [0.1, 0.15) is 20.7 Å². The number of amides is 1. The summed E-state index contributed by atoms with van der Waals surface area (Å²) >= 11 is 2.11. The highest BCUT2D eigenvalue weighted by atomic mass is 127. The minimum Gasteiger partial charge on any atom is -0.478 e. The molecule has 1 heterocycles. The van der Waals surface area contributed by atoms with E-state index in [0.29, 0.717) is 22.2 Å². The van der Waals surface area contributed by atoms with Crippen LogP contribution in [0.25, 0.3) is 10.9 Å². The van der Waals surface area contributed by atoms with Crippen molar-refractivity contribution in [2.45, 2.75) is 0 Å². The monoisotopic (exact) mass is 418 g/mol. The normalized spacial score (nSPS) is 10.5. The van der Waals surface area contributed by atoms with Crippen molar-refractivity contribution in [1.29, 1.82) is 0 Å². The van der Waals surface area contributed by atoms with Gasteiger partial charge in [0.15, 0.2) is 0 Å². The van der Waals surface area contributed by atoms with Gasteiger partial charge in [-0.3, -0.25) is 9.78 Å². The minimum absolute atomic E-state index is 0.133. The Hall–Kier alpha value is -2.48. The van der Waals surface area contributed by atoms with E-state index >= 15 is 0 Å². The number of anilines is 1. The molecule has 1 aromatic heterocycles. The number of carbonyl (C=O) groups excluding carboxylic acids is 1. The van der Waals surface area contributed by atoms with Gasteiger partial charge in [0.2, 0.25) is 0 Å². The van der Waals surface area contributed by atoms with Gasteiger partial charge in [-0.2, -0.15) is 0 Å². The predicted molar refractivity (Wildman–Crippen MR) is 95.8 cm³/mol. The minimum atomic E-state index is -1.02. The maximum atomic E-state index is 12.3. The second-order valence-electron chi connectivity index (χ2n) is 4.87. The summed E-state index contributed by atoms with van der Waals surface area (Å²) in [5.41, 5.74) is 1.96. The van der Waals surface area contributed by atoms with Gasteiger partial charge in [-0.15, -0.1) is 0 Å². The first-order valence-corrected chi connectivity index (χ1v) is 7.81. The number of fused-ring (bicyclic) bond motifs is 1. The summed E-state index contributed by atoms with van der Waals surface area (Å²) in [6.07, 6.45) is 1.30. The Kier molecular flexibility index (Phi) is 4.24. The fourth-order valence-corrected chi connectivity index (χ4v) is 2.79. The SMILES string of the molecule is O=C(O)c1cnc2cc(NC(=O)c3ccccc3I)ccc2c1. The highest BCUT2D eigenvalue weighted by Gasteiger charge is 2.10. The van der Waals surface area contributed by atoms with E-state index in [9.17, 15) is 9.59 Å². The van der Waals surface area contributed by atoms with Crippen LogP contribution in [0.3, 0.4) is 0 Å². The van der Waals surface area contributed by atoms with Crippen LogP contribution in [0.15, 0.2) is 54.7 Å². The van der Waals surface area contributed by atoms with E-state index in [1.165, 1.54) is 6.20 Å². The zero-order valence-corrected chi connectivity index (χ0v) is 13.9. The molecule has 0 spiro atoms. The first-order chi connectivity index (χ1) is 11.0. The number of carboxylic acids is 1. The molecular formula is C17H11IN2O3. The summed E-state index contributed by atoms with van der Waals surface area (Å²) in [5.74, 6) is -1.22. The fraction of sp³-hybridized carbons (Fsp3) is 0. The summed E-state index contributed by atoms with van der Waals surface area (Å²) in [4.78, 5) is 27.4. The van der Waals surface area contributed by atoms with Crippen LogP contribution in [0.4, 0.5) is 5.69 Å². The Morgan fingerprint density at radius 3 is 2.61 bits per heavy atom. The van der Waals surface area contributed by atoms with Crippen LogP contribution in [0.5, 0.6) is 0 Å². The van der Waals surface area contributed by atoms with Gasteiger partial charge in [0.05, 0.1) is 16.6 Å². The van der Waals surface area contributed by atoms with Gasteiger partial charge in [-0.05, 0) is 52.9 Å². The number of carboxylic acid groups (broad SMARTS) is 1. The highest BCUT2D eigenvalue weighted by molar-refractivity contribution is 14.1. The molecule has 5 nitrogen and oxygen atoms in total. The molecule has 0 unspecified atom stereocenters. The number of nitrogens with zero attached hydrogens (tertiary/aromatic N) is 1. The Morgan fingerprint density at radius 2 is 1.87 bits per heavy atom. The molecule has 23 heavy (non-hydrogen) atoms. The molecule has 2 aromatic carbocycles. The van der Waals surface area contributed by atoms with Crippen molar-refractivity contribution in [2.24, 2.45) is 0 Å². The average molecular weight is 418 g/mol. The van der Waals surface area contributed by atoms with Gasteiger partial charge in [-0.25, -0.2) is 4.79 Å². The van der Waals surface area contributed by atoms with E-state index in [4.69, 9.17) is 5.11 Å². The third-order valence-electron chi connectivity index (χ3n) is 3.31. The first kappa shape index (κ1) is 15.4.